The lowest BCUT2D eigenvalue weighted by molar-refractivity contribution is -0.134. The molecule has 0 radical (unpaired) electrons. The van der Waals surface area contributed by atoms with Crippen LogP contribution in [-0.4, -0.2) is 60.5 Å². The number of nitrogens with two attached hydrogens (primary N) is 1. The molecule has 1 saturated heterocycles. The molecule has 3 amide bonds. The number of benzene rings is 1. The number of hydrogen-bond acceptors (Lipinski definition) is 3. The maximum absolute atomic E-state index is 12.4. The van der Waals surface area contributed by atoms with Crippen molar-refractivity contribution in [2.75, 3.05) is 32.7 Å². The van der Waals surface area contributed by atoms with Gasteiger partial charge in [0, 0.05) is 32.7 Å². The van der Waals surface area contributed by atoms with E-state index in [2.05, 4.69) is 5.32 Å². The van der Waals surface area contributed by atoms with Crippen molar-refractivity contribution in [3.8, 4) is 0 Å². The van der Waals surface area contributed by atoms with Crippen LogP contribution in [0, 0.1) is 0 Å². The zero-order chi connectivity index (χ0) is 15.9. The Morgan fingerprint density at radius 3 is 2.32 bits per heavy atom. The van der Waals surface area contributed by atoms with Crippen LogP contribution in [0.3, 0.4) is 0 Å². The van der Waals surface area contributed by atoms with Crippen LogP contribution in [-0.2, 0) is 11.2 Å². The average Bonchev–Trinajstić information content (AvgIpc) is 2.55. The fraction of sp³-hybridized carbons (Fsp3) is 0.500. The van der Waals surface area contributed by atoms with Crippen LogP contribution in [0.5, 0.6) is 0 Å². The molecule has 1 fully saturated rings. The summed E-state index contributed by atoms with van der Waals surface area (Å²) in [4.78, 5) is 27.6. The predicted molar refractivity (Wildman–Crippen MR) is 85.3 cm³/mol. The SMILES string of the molecule is CCNC(=O)N1CCN(C(=O)C(N)Cc2ccccc2)CC1. The maximum atomic E-state index is 12.4. The highest BCUT2D eigenvalue weighted by Crippen LogP contribution is 2.07. The lowest BCUT2D eigenvalue weighted by Gasteiger charge is -2.35. The molecule has 0 spiro atoms. The van der Waals surface area contributed by atoms with Gasteiger partial charge in [0.2, 0.25) is 5.91 Å². The summed E-state index contributed by atoms with van der Waals surface area (Å²) >= 11 is 0. The number of hydrogen-bond donors (Lipinski definition) is 2. The summed E-state index contributed by atoms with van der Waals surface area (Å²) in [5, 5.41) is 2.77. The molecule has 1 aromatic carbocycles. The molecule has 1 aliphatic rings. The molecule has 0 aromatic heterocycles. The number of amides is 3. The van der Waals surface area contributed by atoms with Crippen molar-refractivity contribution in [3.05, 3.63) is 35.9 Å². The molecule has 6 heteroatoms. The van der Waals surface area contributed by atoms with Gasteiger partial charge in [-0.25, -0.2) is 4.79 Å². The minimum atomic E-state index is -0.529. The number of carbonyl (C=O) groups excluding carboxylic acids is 2. The third kappa shape index (κ3) is 4.21. The van der Waals surface area contributed by atoms with Crippen LogP contribution >= 0.6 is 0 Å². The smallest absolute Gasteiger partial charge is 0.317 e. The van der Waals surface area contributed by atoms with Gasteiger partial charge in [-0.1, -0.05) is 30.3 Å². The number of carbonyl (C=O) groups is 2. The number of urea groups is 1. The largest absolute Gasteiger partial charge is 0.338 e. The first kappa shape index (κ1) is 16.3. The lowest BCUT2D eigenvalue weighted by Crippen LogP contribution is -2.56. The molecule has 120 valence electrons. The van der Waals surface area contributed by atoms with Crippen LogP contribution in [0.25, 0.3) is 0 Å². The highest BCUT2D eigenvalue weighted by atomic mass is 16.2. The van der Waals surface area contributed by atoms with E-state index < -0.39 is 6.04 Å². The average molecular weight is 304 g/mol. The molecule has 0 bridgehead atoms. The van der Waals surface area contributed by atoms with E-state index in [1.165, 1.54) is 0 Å². The summed E-state index contributed by atoms with van der Waals surface area (Å²) in [5.41, 5.74) is 7.10. The molecule has 1 atom stereocenters. The Kier molecular flexibility index (Phi) is 5.77. The standard InChI is InChI=1S/C16H24N4O2/c1-2-18-16(22)20-10-8-19(9-11-20)15(21)14(17)12-13-6-4-3-5-7-13/h3-7,14H,2,8-12,17H2,1H3,(H,18,22). The third-order valence-corrected chi connectivity index (χ3v) is 3.82. The summed E-state index contributed by atoms with van der Waals surface area (Å²) in [5.74, 6) is -0.0422. The van der Waals surface area contributed by atoms with E-state index in [-0.39, 0.29) is 11.9 Å². The number of rotatable bonds is 4. The summed E-state index contributed by atoms with van der Waals surface area (Å²) in [7, 11) is 0. The van der Waals surface area contributed by atoms with Gasteiger partial charge < -0.3 is 20.9 Å². The van der Waals surface area contributed by atoms with Gasteiger partial charge in [0.25, 0.3) is 0 Å². The van der Waals surface area contributed by atoms with Crippen LogP contribution in [0.2, 0.25) is 0 Å². The van der Waals surface area contributed by atoms with Gasteiger partial charge in [-0.2, -0.15) is 0 Å². The Morgan fingerprint density at radius 2 is 1.73 bits per heavy atom. The van der Waals surface area contributed by atoms with Crippen molar-refractivity contribution in [2.45, 2.75) is 19.4 Å². The van der Waals surface area contributed by atoms with Gasteiger partial charge in [0.1, 0.15) is 0 Å². The van der Waals surface area contributed by atoms with Gasteiger partial charge in [0.15, 0.2) is 0 Å². The predicted octanol–water partition coefficient (Wildman–Crippen LogP) is 0.430. The van der Waals surface area contributed by atoms with Crippen LogP contribution in [0.4, 0.5) is 4.79 Å². The zero-order valence-electron chi connectivity index (χ0n) is 13.0. The molecule has 0 saturated carbocycles. The highest BCUT2D eigenvalue weighted by molar-refractivity contribution is 5.82. The monoisotopic (exact) mass is 304 g/mol. The van der Waals surface area contributed by atoms with E-state index in [9.17, 15) is 9.59 Å². The first-order valence-electron chi connectivity index (χ1n) is 7.73. The Hall–Kier alpha value is -2.08. The second kappa shape index (κ2) is 7.79. The van der Waals surface area contributed by atoms with Crippen molar-refractivity contribution >= 4 is 11.9 Å². The van der Waals surface area contributed by atoms with E-state index in [1.54, 1.807) is 9.80 Å². The Labute approximate surface area is 131 Å². The van der Waals surface area contributed by atoms with E-state index in [1.807, 2.05) is 37.3 Å². The second-order valence-electron chi connectivity index (χ2n) is 5.44. The molecule has 2 rings (SSSR count). The fourth-order valence-electron chi connectivity index (χ4n) is 2.58. The van der Waals surface area contributed by atoms with Gasteiger partial charge in [-0.05, 0) is 18.9 Å². The Morgan fingerprint density at radius 1 is 1.14 bits per heavy atom. The van der Waals surface area contributed by atoms with Crippen LogP contribution in [0.15, 0.2) is 30.3 Å². The number of nitrogens with zero attached hydrogens (tertiary/aromatic N) is 2. The molecule has 1 unspecified atom stereocenters. The number of nitrogens with one attached hydrogen (secondary N) is 1. The molecule has 0 aliphatic carbocycles. The van der Waals surface area contributed by atoms with E-state index in [4.69, 9.17) is 5.73 Å². The van der Waals surface area contributed by atoms with Gasteiger partial charge in [-0.15, -0.1) is 0 Å². The van der Waals surface area contributed by atoms with Crippen LogP contribution in [0.1, 0.15) is 12.5 Å². The van der Waals surface area contributed by atoms with Crippen molar-refractivity contribution in [1.29, 1.82) is 0 Å². The van der Waals surface area contributed by atoms with Crippen molar-refractivity contribution in [3.63, 3.8) is 0 Å². The number of piperazine rings is 1. The van der Waals surface area contributed by atoms with E-state index in [0.717, 1.165) is 5.56 Å². The molecule has 22 heavy (non-hydrogen) atoms. The summed E-state index contributed by atoms with van der Waals surface area (Å²) < 4.78 is 0. The summed E-state index contributed by atoms with van der Waals surface area (Å²) in [6.07, 6.45) is 0.538. The molecule has 3 N–H and O–H groups in total. The van der Waals surface area contributed by atoms with E-state index in [0.29, 0.717) is 39.1 Å². The summed E-state index contributed by atoms with van der Waals surface area (Å²) in [6.45, 7) is 4.68. The first-order chi connectivity index (χ1) is 10.6. The van der Waals surface area contributed by atoms with E-state index >= 15 is 0 Å². The van der Waals surface area contributed by atoms with Crippen molar-refractivity contribution in [1.82, 2.24) is 15.1 Å². The van der Waals surface area contributed by atoms with Crippen LogP contribution < -0.4 is 11.1 Å². The fourth-order valence-corrected chi connectivity index (χ4v) is 2.58. The van der Waals surface area contributed by atoms with Gasteiger partial charge in [0.05, 0.1) is 6.04 Å². The Bertz CT molecular complexity index is 498. The highest BCUT2D eigenvalue weighted by Gasteiger charge is 2.26. The summed E-state index contributed by atoms with van der Waals surface area (Å²) in [6, 6.07) is 9.18. The van der Waals surface area contributed by atoms with Gasteiger partial charge in [-0.3, -0.25) is 4.79 Å². The lowest BCUT2D eigenvalue weighted by atomic mass is 10.1. The molecule has 6 nitrogen and oxygen atoms in total. The molecule has 1 aromatic rings. The first-order valence-corrected chi connectivity index (χ1v) is 7.73. The molecular formula is C16H24N4O2. The second-order valence-corrected chi connectivity index (χ2v) is 5.44. The topological polar surface area (TPSA) is 78.7 Å². The van der Waals surface area contributed by atoms with Crippen molar-refractivity contribution < 1.29 is 9.59 Å². The minimum Gasteiger partial charge on any atom is -0.338 e. The van der Waals surface area contributed by atoms with Gasteiger partial charge >= 0.3 is 6.03 Å². The minimum absolute atomic E-state index is 0.0422. The maximum Gasteiger partial charge on any atom is 0.317 e. The quantitative estimate of drug-likeness (QED) is 0.847. The molecular weight excluding hydrogens is 280 g/mol. The van der Waals surface area contributed by atoms with Crippen molar-refractivity contribution in [2.24, 2.45) is 5.73 Å². The normalized spacial score (nSPS) is 16.3. The zero-order valence-corrected chi connectivity index (χ0v) is 13.0. The molecule has 1 heterocycles. The third-order valence-electron chi connectivity index (χ3n) is 3.82. The Balaban J connectivity index is 1.83. The molecule has 1 aliphatic heterocycles.